The summed E-state index contributed by atoms with van der Waals surface area (Å²) in [6.45, 7) is 0. The second-order valence-electron chi connectivity index (χ2n) is 3.44. The fraction of sp³-hybridized carbons (Fsp3) is 0. The predicted octanol–water partition coefficient (Wildman–Crippen LogP) is 2.33. The van der Waals surface area contributed by atoms with E-state index in [1.807, 2.05) is 36.4 Å². The molecule has 0 heterocycles. The quantitative estimate of drug-likeness (QED) is 0.702. The highest BCUT2D eigenvalue weighted by atomic mass is 16.1. The summed E-state index contributed by atoms with van der Waals surface area (Å²) in [7, 11) is 0. The minimum atomic E-state index is -0.146. The molecule has 1 aromatic rings. The molecule has 1 aromatic carbocycles. The van der Waals surface area contributed by atoms with Gasteiger partial charge in [-0.1, -0.05) is 42.5 Å². The zero-order valence-corrected chi connectivity index (χ0v) is 8.59. The van der Waals surface area contributed by atoms with Crippen molar-refractivity contribution in [2.24, 2.45) is 0 Å². The summed E-state index contributed by atoms with van der Waals surface area (Å²) in [6.07, 6.45) is 7.41. The van der Waals surface area contributed by atoms with Crippen LogP contribution in [0, 0.1) is 0 Å². The maximum absolute atomic E-state index is 11.4. The second kappa shape index (κ2) is 4.53. The molecule has 1 aliphatic rings. The molecule has 16 heavy (non-hydrogen) atoms. The fourth-order valence-electron chi connectivity index (χ4n) is 1.41. The number of carbonyl (C=O) groups is 2. The number of carbonyl (C=O) groups excluding carboxylic acids is 2. The standard InChI is InChI=1S/C14H10O2/c15-13-8-9-14(16)12(10-13)7-6-11-4-2-1-3-5-11/h1-10H/b7-6+. The highest BCUT2D eigenvalue weighted by Gasteiger charge is 2.09. The van der Waals surface area contributed by atoms with Crippen molar-refractivity contribution in [2.45, 2.75) is 0 Å². The molecule has 2 heteroatoms. The van der Waals surface area contributed by atoms with Crippen LogP contribution in [-0.4, -0.2) is 11.6 Å². The lowest BCUT2D eigenvalue weighted by molar-refractivity contribution is -0.114. The summed E-state index contributed by atoms with van der Waals surface area (Å²) in [6, 6.07) is 9.63. The lowest BCUT2D eigenvalue weighted by atomic mass is 10.0. The smallest absolute Gasteiger partial charge is 0.186 e. The van der Waals surface area contributed by atoms with Crippen LogP contribution < -0.4 is 0 Å². The third-order valence-corrected chi connectivity index (χ3v) is 2.24. The van der Waals surface area contributed by atoms with Crippen molar-refractivity contribution in [3.05, 3.63) is 65.8 Å². The summed E-state index contributed by atoms with van der Waals surface area (Å²) in [5.74, 6) is -0.279. The Morgan fingerprint density at radius 1 is 0.875 bits per heavy atom. The number of rotatable bonds is 2. The molecule has 0 spiro atoms. The molecule has 0 aliphatic heterocycles. The van der Waals surface area contributed by atoms with Crippen LogP contribution >= 0.6 is 0 Å². The second-order valence-corrected chi connectivity index (χ2v) is 3.44. The van der Waals surface area contributed by atoms with Crippen molar-refractivity contribution in [1.29, 1.82) is 0 Å². The highest BCUT2D eigenvalue weighted by molar-refractivity contribution is 6.18. The van der Waals surface area contributed by atoms with E-state index in [2.05, 4.69) is 0 Å². The Bertz CT molecular complexity index is 505. The number of ketones is 2. The van der Waals surface area contributed by atoms with Gasteiger partial charge in [0.1, 0.15) is 0 Å². The normalized spacial score (nSPS) is 15.6. The van der Waals surface area contributed by atoms with Crippen LogP contribution in [0.4, 0.5) is 0 Å². The molecule has 1 aliphatic carbocycles. The van der Waals surface area contributed by atoms with Crippen LogP contribution in [0.25, 0.3) is 6.08 Å². The van der Waals surface area contributed by atoms with Crippen molar-refractivity contribution < 1.29 is 9.59 Å². The molecule has 0 amide bonds. The number of allylic oxidation sites excluding steroid dienone is 5. The Morgan fingerprint density at radius 3 is 2.38 bits per heavy atom. The molecule has 0 atom stereocenters. The third-order valence-electron chi connectivity index (χ3n) is 2.24. The molecule has 0 unspecified atom stereocenters. The molecule has 2 nitrogen and oxygen atoms in total. The molecular weight excluding hydrogens is 200 g/mol. The lowest BCUT2D eigenvalue weighted by Crippen LogP contribution is -2.05. The molecule has 78 valence electrons. The Morgan fingerprint density at radius 2 is 1.62 bits per heavy atom. The van der Waals surface area contributed by atoms with Gasteiger partial charge in [0.2, 0.25) is 0 Å². The zero-order valence-electron chi connectivity index (χ0n) is 8.59. The lowest BCUT2D eigenvalue weighted by Gasteiger charge is -2.00. The monoisotopic (exact) mass is 210 g/mol. The maximum Gasteiger partial charge on any atom is 0.186 e. The first-order valence-electron chi connectivity index (χ1n) is 4.97. The van der Waals surface area contributed by atoms with Crippen molar-refractivity contribution >= 4 is 17.6 Å². The van der Waals surface area contributed by atoms with Gasteiger partial charge in [0.05, 0.1) is 0 Å². The fourth-order valence-corrected chi connectivity index (χ4v) is 1.41. The minimum absolute atomic E-state index is 0.133. The Labute approximate surface area is 93.6 Å². The molecule has 2 rings (SSSR count). The average molecular weight is 210 g/mol. The molecule has 0 bridgehead atoms. The van der Waals surface area contributed by atoms with Crippen LogP contribution in [0.5, 0.6) is 0 Å². The summed E-state index contributed by atoms with van der Waals surface area (Å²) in [5.41, 5.74) is 1.43. The summed E-state index contributed by atoms with van der Waals surface area (Å²) < 4.78 is 0. The van der Waals surface area contributed by atoms with Crippen molar-refractivity contribution in [3.63, 3.8) is 0 Å². The summed E-state index contributed by atoms with van der Waals surface area (Å²) in [4.78, 5) is 22.5. The topological polar surface area (TPSA) is 34.1 Å². The van der Waals surface area contributed by atoms with Crippen LogP contribution in [0.3, 0.4) is 0 Å². The first-order valence-corrected chi connectivity index (χ1v) is 4.97. The van der Waals surface area contributed by atoms with Gasteiger partial charge in [0, 0.05) is 5.57 Å². The van der Waals surface area contributed by atoms with Gasteiger partial charge in [-0.3, -0.25) is 9.59 Å². The molecule has 0 fully saturated rings. The SMILES string of the molecule is O=C1C=CC(=O)C(/C=C/c2ccccc2)=C1. The Kier molecular flexibility index (Phi) is 2.92. The zero-order chi connectivity index (χ0) is 11.4. The molecule has 0 aromatic heterocycles. The van der Waals surface area contributed by atoms with Crippen molar-refractivity contribution in [2.75, 3.05) is 0 Å². The van der Waals surface area contributed by atoms with Crippen molar-refractivity contribution in [3.8, 4) is 0 Å². The summed E-state index contributed by atoms with van der Waals surface area (Å²) >= 11 is 0. The van der Waals surface area contributed by atoms with Gasteiger partial charge in [0.25, 0.3) is 0 Å². The van der Waals surface area contributed by atoms with Gasteiger partial charge >= 0.3 is 0 Å². The van der Waals surface area contributed by atoms with Crippen LogP contribution in [0.15, 0.2) is 60.2 Å². The van der Waals surface area contributed by atoms with Gasteiger partial charge in [-0.15, -0.1) is 0 Å². The first-order chi connectivity index (χ1) is 7.75. The first kappa shape index (κ1) is 10.3. The third kappa shape index (κ3) is 2.42. The summed E-state index contributed by atoms with van der Waals surface area (Å²) in [5, 5.41) is 0. The van der Waals surface area contributed by atoms with E-state index in [1.54, 1.807) is 6.08 Å². The number of hydrogen-bond donors (Lipinski definition) is 0. The van der Waals surface area contributed by atoms with Gasteiger partial charge in [-0.2, -0.15) is 0 Å². The Hall–Kier alpha value is -2.22. The van der Waals surface area contributed by atoms with Crippen LogP contribution in [0.2, 0.25) is 0 Å². The molecule has 0 N–H and O–H groups in total. The van der Waals surface area contributed by atoms with Gasteiger partial charge in [-0.05, 0) is 23.8 Å². The van der Waals surface area contributed by atoms with E-state index in [0.29, 0.717) is 5.57 Å². The van der Waals surface area contributed by atoms with Gasteiger partial charge in [0.15, 0.2) is 11.6 Å². The minimum Gasteiger partial charge on any atom is -0.290 e. The van der Waals surface area contributed by atoms with Crippen LogP contribution in [0.1, 0.15) is 5.56 Å². The predicted molar refractivity (Wildman–Crippen MR) is 62.7 cm³/mol. The van der Waals surface area contributed by atoms with E-state index in [0.717, 1.165) is 5.56 Å². The highest BCUT2D eigenvalue weighted by Crippen LogP contribution is 2.10. The number of hydrogen-bond acceptors (Lipinski definition) is 2. The van der Waals surface area contributed by atoms with Crippen molar-refractivity contribution in [1.82, 2.24) is 0 Å². The largest absolute Gasteiger partial charge is 0.290 e. The van der Waals surface area contributed by atoms with E-state index < -0.39 is 0 Å². The molecule has 0 saturated heterocycles. The van der Waals surface area contributed by atoms with E-state index in [4.69, 9.17) is 0 Å². The maximum atomic E-state index is 11.4. The molecule has 0 radical (unpaired) electrons. The van der Waals surface area contributed by atoms with E-state index in [-0.39, 0.29) is 11.6 Å². The van der Waals surface area contributed by atoms with Gasteiger partial charge in [-0.25, -0.2) is 0 Å². The number of benzene rings is 1. The molecular formula is C14H10O2. The van der Waals surface area contributed by atoms with E-state index in [1.165, 1.54) is 18.2 Å². The Balaban J connectivity index is 2.19. The van der Waals surface area contributed by atoms with E-state index in [9.17, 15) is 9.59 Å². The average Bonchev–Trinajstić information content (AvgIpc) is 2.32. The van der Waals surface area contributed by atoms with Gasteiger partial charge < -0.3 is 0 Å². The van der Waals surface area contributed by atoms with Crippen LogP contribution in [-0.2, 0) is 9.59 Å². The molecule has 0 saturated carbocycles. The van der Waals surface area contributed by atoms with E-state index >= 15 is 0 Å².